The standard InChI is InChI=1S/C14H18N4/c1-14(2,3)10-8-16-13(17-9-10)18-12-6-4-11(15)5-7-12/h4-9H,15H2,1-3H3,(H,16,17,18). The van der Waals surface area contributed by atoms with Crippen LogP contribution in [0.3, 0.4) is 0 Å². The van der Waals surface area contributed by atoms with Crippen LogP contribution in [0.1, 0.15) is 26.3 Å². The Hall–Kier alpha value is -2.10. The Bertz CT molecular complexity index is 509. The minimum absolute atomic E-state index is 0.0692. The highest BCUT2D eigenvalue weighted by atomic mass is 15.1. The van der Waals surface area contributed by atoms with E-state index in [1.54, 1.807) is 0 Å². The molecule has 18 heavy (non-hydrogen) atoms. The Kier molecular flexibility index (Phi) is 3.19. The van der Waals surface area contributed by atoms with E-state index in [4.69, 9.17) is 5.73 Å². The summed E-state index contributed by atoms with van der Waals surface area (Å²) in [5.74, 6) is 0.591. The molecule has 0 bridgehead atoms. The number of nitrogens with one attached hydrogen (secondary N) is 1. The van der Waals surface area contributed by atoms with Crippen LogP contribution in [0.5, 0.6) is 0 Å². The van der Waals surface area contributed by atoms with Crippen LogP contribution in [0.15, 0.2) is 36.7 Å². The van der Waals surface area contributed by atoms with E-state index in [2.05, 4.69) is 36.1 Å². The van der Waals surface area contributed by atoms with Crippen LogP contribution in [-0.4, -0.2) is 9.97 Å². The lowest BCUT2D eigenvalue weighted by atomic mass is 9.89. The van der Waals surface area contributed by atoms with Crippen molar-refractivity contribution in [1.29, 1.82) is 0 Å². The number of rotatable bonds is 2. The third-order valence-corrected chi connectivity index (χ3v) is 2.68. The van der Waals surface area contributed by atoms with Gasteiger partial charge in [0.1, 0.15) is 0 Å². The molecule has 4 nitrogen and oxygen atoms in total. The SMILES string of the molecule is CC(C)(C)c1cnc(Nc2ccc(N)cc2)nc1. The van der Waals surface area contributed by atoms with Crippen LogP contribution in [0, 0.1) is 0 Å². The number of hydrogen-bond acceptors (Lipinski definition) is 4. The summed E-state index contributed by atoms with van der Waals surface area (Å²) in [6.45, 7) is 6.41. The molecule has 0 saturated heterocycles. The number of nitrogens with zero attached hydrogens (tertiary/aromatic N) is 2. The zero-order valence-corrected chi connectivity index (χ0v) is 10.9. The highest BCUT2D eigenvalue weighted by Crippen LogP contribution is 2.21. The summed E-state index contributed by atoms with van der Waals surface area (Å²) in [7, 11) is 0. The molecule has 0 aliphatic heterocycles. The van der Waals surface area contributed by atoms with Crippen LogP contribution in [-0.2, 0) is 5.41 Å². The summed E-state index contributed by atoms with van der Waals surface area (Å²) in [6.07, 6.45) is 3.71. The minimum atomic E-state index is 0.0692. The number of nitrogens with two attached hydrogens (primary N) is 1. The number of hydrogen-bond donors (Lipinski definition) is 2. The van der Waals surface area contributed by atoms with Crippen molar-refractivity contribution in [2.75, 3.05) is 11.1 Å². The van der Waals surface area contributed by atoms with Gasteiger partial charge >= 0.3 is 0 Å². The average Bonchev–Trinajstić information content (AvgIpc) is 2.32. The predicted octanol–water partition coefficient (Wildman–Crippen LogP) is 3.10. The van der Waals surface area contributed by atoms with Crippen LogP contribution in [0.4, 0.5) is 17.3 Å². The fraction of sp³-hybridized carbons (Fsp3) is 0.286. The van der Waals surface area contributed by atoms with Gasteiger partial charge in [-0.3, -0.25) is 0 Å². The maximum absolute atomic E-state index is 5.63. The van der Waals surface area contributed by atoms with Gasteiger partial charge in [0.25, 0.3) is 0 Å². The fourth-order valence-corrected chi connectivity index (χ4v) is 1.48. The van der Waals surface area contributed by atoms with Crippen LogP contribution < -0.4 is 11.1 Å². The molecule has 0 spiro atoms. The molecule has 0 fully saturated rings. The van der Waals surface area contributed by atoms with Gasteiger partial charge in [-0.2, -0.15) is 0 Å². The van der Waals surface area contributed by atoms with Gasteiger partial charge in [-0.1, -0.05) is 20.8 Å². The van der Waals surface area contributed by atoms with E-state index in [0.29, 0.717) is 5.95 Å². The van der Waals surface area contributed by atoms with Crippen molar-refractivity contribution in [2.24, 2.45) is 0 Å². The number of aromatic nitrogens is 2. The van der Waals surface area contributed by atoms with Gasteiger partial charge in [0.05, 0.1) is 0 Å². The molecule has 1 aromatic heterocycles. The van der Waals surface area contributed by atoms with Crippen molar-refractivity contribution in [1.82, 2.24) is 9.97 Å². The van der Waals surface area contributed by atoms with E-state index >= 15 is 0 Å². The zero-order valence-electron chi connectivity index (χ0n) is 10.9. The maximum atomic E-state index is 5.63. The lowest BCUT2D eigenvalue weighted by molar-refractivity contribution is 0.584. The molecule has 2 rings (SSSR count). The second-order valence-electron chi connectivity index (χ2n) is 5.29. The lowest BCUT2D eigenvalue weighted by Gasteiger charge is -2.17. The van der Waals surface area contributed by atoms with Crippen LogP contribution in [0.25, 0.3) is 0 Å². The quantitative estimate of drug-likeness (QED) is 0.794. The molecule has 0 aliphatic rings. The highest BCUT2D eigenvalue weighted by Gasteiger charge is 2.14. The molecule has 0 saturated carbocycles. The molecule has 2 aromatic rings. The second kappa shape index (κ2) is 4.64. The number of benzene rings is 1. The van der Waals surface area contributed by atoms with E-state index in [1.165, 1.54) is 0 Å². The first kappa shape index (κ1) is 12.4. The molecule has 1 aromatic carbocycles. The third-order valence-electron chi connectivity index (χ3n) is 2.68. The number of nitrogen functional groups attached to an aromatic ring is 1. The maximum Gasteiger partial charge on any atom is 0.227 e. The first-order chi connectivity index (χ1) is 8.45. The van der Waals surface area contributed by atoms with E-state index in [-0.39, 0.29) is 5.41 Å². The van der Waals surface area contributed by atoms with Crippen molar-refractivity contribution in [2.45, 2.75) is 26.2 Å². The Balaban J connectivity index is 2.13. The average molecular weight is 242 g/mol. The first-order valence-corrected chi connectivity index (χ1v) is 5.90. The van der Waals surface area contributed by atoms with E-state index in [0.717, 1.165) is 16.9 Å². The summed E-state index contributed by atoms with van der Waals surface area (Å²) < 4.78 is 0. The summed E-state index contributed by atoms with van der Waals surface area (Å²) in [5.41, 5.74) is 8.48. The zero-order chi connectivity index (χ0) is 13.2. The molecular weight excluding hydrogens is 224 g/mol. The van der Waals surface area contributed by atoms with Crippen molar-refractivity contribution in [3.8, 4) is 0 Å². The summed E-state index contributed by atoms with van der Waals surface area (Å²) >= 11 is 0. The Morgan fingerprint density at radius 2 is 1.56 bits per heavy atom. The number of anilines is 3. The molecule has 3 N–H and O–H groups in total. The monoisotopic (exact) mass is 242 g/mol. The van der Waals surface area contributed by atoms with Crippen LogP contribution in [0.2, 0.25) is 0 Å². The smallest absolute Gasteiger partial charge is 0.227 e. The minimum Gasteiger partial charge on any atom is -0.399 e. The summed E-state index contributed by atoms with van der Waals surface area (Å²) in [5, 5.41) is 3.13. The van der Waals surface area contributed by atoms with Gasteiger partial charge in [0.15, 0.2) is 0 Å². The fourth-order valence-electron chi connectivity index (χ4n) is 1.48. The molecule has 4 heteroatoms. The topological polar surface area (TPSA) is 63.8 Å². The molecule has 0 radical (unpaired) electrons. The predicted molar refractivity (Wildman–Crippen MR) is 74.9 cm³/mol. The largest absolute Gasteiger partial charge is 0.399 e. The molecule has 94 valence electrons. The lowest BCUT2D eigenvalue weighted by Crippen LogP contribution is -2.12. The van der Waals surface area contributed by atoms with Gasteiger partial charge < -0.3 is 11.1 Å². The van der Waals surface area contributed by atoms with E-state index in [1.807, 2.05) is 36.7 Å². The normalized spacial score (nSPS) is 11.3. The Labute approximate surface area is 107 Å². The molecule has 0 amide bonds. The molecule has 0 atom stereocenters. The molecular formula is C14H18N4. The van der Waals surface area contributed by atoms with Gasteiger partial charge in [-0.25, -0.2) is 9.97 Å². The third kappa shape index (κ3) is 2.97. The Morgan fingerprint density at radius 1 is 1.00 bits per heavy atom. The first-order valence-electron chi connectivity index (χ1n) is 5.90. The van der Waals surface area contributed by atoms with E-state index < -0.39 is 0 Å². The Morgan fingerprint density at radius 3 is 2.06 bits per heavy atom. The molecule has 0 unspecified atom stereocenters. The van der Waals surface area contributed by atoms with E-state index in [9.17, 15) is 0 Å². The van der Waals surface area contributed by atoms with Gasteiger partial charge in [-0.15, -0.1) is 0 Å². The van der Waals surface area contributed by atoms with Gasteiger partial charge in [-0.05, 0) is 35.2 Å². The van der Waals surface area contributed by atoms with Crippen molar-refractivity contribution < 1.29 is 0 Å². The van der Waals surface area contributed by atoms with Crippen LogP contribution >= 0.6 is 0 Å². The van der Waals surface area contributed by atoms with Crippen molar-refractivity contribution in [3.63, 3.8) is 0 Å². The van der Waals surface area contributed by atoms with Gasteiger partial charge in [0, 0.05) is 23.8 Å². The van der Waals surface area contributed by atoms with Crippen molar-refractivity contribution >= 4 is 17.3 Å². The van der Waals surface area contributed by atoms with Crippen molar-refractivity contribution in [3.05, 3.63) is 42.2 Å². The second-order valence-corrected chi connectivity index (χ2v) is 5.29. The van der Waals surface area contributed by atoms with Gasteiger partial charge in [0.2, 0.25) is 5.95 Å². The summed E-state index contributed by atoms with van der Waals surface area (Å²) in [4.78, 5) is 8.62. The highest BCUT2D eigenvalue weighted by molar-refractivity contribution is 5.56. The molecule has 1 heterocycles. The molecule has 0 aliphatic carbocycles. The summed E-state index contributed by atoms with van der Waals surface area (Å²) in [6, 6.07) is 7.48.